The highest BCUT2D eigenvalue weighted by Gasteiger charge is 2.48. The number of carbonyl (C=O) groups is 2. The van der Waals surface area contributed by atoms with Gasteiger partial charge in [-0.1, -0.05) is 77.7 Å². The highest BCUT2D eigenvalue weighted by atomic mass is 35.5. The third-order valence-electron chi connectivity index (χ3n) is 7.07. The van der Waals surface area contributed by atoms with Gasteiger partial charge >= 0.3 is 5.91 Å². The maximum atomic E-state index is 13.6. The highest BCUT2D eigenvalue weighted by Crippen LogP contribution is 2.45. The van der Waals surface area contributed by atoms with Crippen LogP contribution in [0.15, 0.2) is 89.3 Å². The molecule has 2 atom stereocenters. The molecule has 1 amide bonds. The number of aliphatic hydroxyl groups excluding tert-OH is 1. The van der Waals surface area contributed by atoms with Crippen LogP contribution in [0.1, 0.15) is 35.2 Å². The van der Waals surface area contributed by atoms with Gasteiger partial charge in [-0.25, -0.2) is 0 Å². The van der Waals surface area contributed by atoms with E-state index in [1.54, 1.807) is 48.5 Å². The van der Waals surface area contributed by atoms with Gasteiger partial charge in [0.1, 0.15) is 30.0 Å². The summed E-state index contributed by atoms with van der Waals surface area (Å²) in [6.45, 7) is 5.94. The van der Waals surface area contributed by atoms with Crippen LogP contribution in [0.25, 0.3) is 5.76 Å². The van der Waals surface area contributed by atoms with Crippen molar-refractivity contribution in [3.05, 3.63) is 112 Å². The van der Waals surface area contributed by atoms with Gasteiger partial charge < -0.3 is 14.6 Å². The average Bonchev–Trinajstić information content (AvgIpc) is 3.70. The van der Waals surface area contributed by atoms with E-state index in [4.69, 9.17) is 21.1 Å². The Balaban J connectivity index is 1.40. The van der Waals surface area contributed by atoms with Gasteiger partial charge in [-0.05, 0) is 60.0 Å². The summed E-state index contributed by atoms with van der Waals surface area (Å²) >= 11 is 8.93. The molecular formula is C32H26ClN3O5S2. The lowest BCUT2D eigenvalue weighted by Crippen LogP contribution is -2.29. The smallest absolute Gasteiger partial charge is 0.301 e. The number of carbonyl (C=O) groups excluding carboxylic acids is 2. The van der Waals surface area contributed by atoms with Gasteiger partial charge in [0.25, 0.3) is 5.78 Å². The van der Waals surface area contributed by atoms with E-state index >= 15 is 0 Å². The Bertz CT molecular complexity index is 1770. The molecule has 3 aromatic carbocycles. The minimum Gasteiger partial charge on any atom is -0.507 e. The van der Waals surface area contributed by atoms with Crippen molar-refractivity contribution in [3.8, 4) is 11.5 Å². The number of aromatic nitrogens is 2. The van der Waals surface area contributed by atoms with E-state index in [0.29, 0.717) is 38.4 Å². The fraction of sp³-hybridized carbons (Fsp3) is 0.188. The van der Waals surface area contributed by atoms with Crippen LogP contribution in [0.2, 0.25) is 5.02 Å². The second-order valence-electron chi connectivity index (χ2n) is 10.0. The molecule has 218 valence electrons. The quantitative estimate of drug-likeness (QED) is 0.0526. The number of anilines is 1. The van der Waals surface area contributed by atoms with Crippen LogP contribution in [-0.4, -0.2) is 39.7 Å². The number of nitrogens with zero attached hydrogens (tertiary/aromatic N) is 3. The van der Waals surface area contributed by atoms with E-state index in [2.05, 4.69) is 16.8 Å². The third-order valence-corrected chi connectivity index (χ3v) is 9.54. The molecule has 43 heavy (non-hydrogen) atoms. The molecular weight excluding hydrogens is 606 g/mol. The maximum absolute atomic E-state index is 13.6. The van der Waals surface area contributed by atoms with Crippen molar-refractivity contribution in [1.82, 2.24) is 10.2 Å². The molecule has 0 unspecified atom stereocenters. The number of aliphatic hydroxyl groups is 1. The minimum absolute atomic E-state index is 0.0127. The van der Waals surface area contributed by atoms with Crippen molar-refractivity contribution in [2.24, 2.45) is 0 Å². The molecule has 1 fully saturated rings. The molecule has 4 aromatic rings. The van der Waals surface area contributed by atoms with Crippen LogP contribution in [-0.2, 0) is 21.8 Å². The zero-order chi connectivity index (χ0) is 30.1. The lowest BCUT2D eigenvalue weighted by molar-refractivity contribution is -0.132. The van der Waals surface area contributed by atoms with Crippen LogP contribution in [0, 0.1) is 0 Å². The van der Waals surface area contributed by atoms with Crippen molar-refractivity contribution in [2.75, 3.05) is 11.5 Å². The first-order valence-electron chi connectivity index (χ1n) is 13.5. The van der Waals surface area contributed by atoms with Crippen LogP contribution in [0.3, 0.4) is 0 Å². The standard InChI is InChI=1S/C32H26ClN3O5S2/c1-3-13-40-23-9-6-8-19(16-23)27-26(28(37)20-11-12-25-22(15-20)14-18(2)41-25)29(38)30(39)36(27)31-34-35-32(43-31)42-17-21-7-4-5-10-24(21)33/h3-12,15-16,18,27,37H,1,13-14,17H2,2H3/b28-26+/t18-,27+/m1/s1. The first-order chi connectivity index (χ1) is 20.8. The molecule has 0 spiro atoms. The lowest BCUT2D eigenvalue weighted by atomic mass is 9.94. The van der Waals surface area contributed by atoms with E-state index < -0.39 is 17.7 Å². The Morgan fingerprint density at radius 2 is 2.02 bits per heavy atom. The summed E-state index contributed by atoms with van der Waals surface area (Å²) in [5.74, 6) is -0.0709. The zero-order valence-electron chi connectivity index (χ0n) is 23.0. The third kappa shape index (κ3) is 5.78. The van der Waals surface area contributed by atoms with Crippen molar-refractivity contribution in [3.63, 3.8) is 0 Å². The maximum Gasteiger partial charge on any atom is 0.301 e. The number of thioether (sulfide) groups is 1. The topological polar surface area (TPSA) is 102 Å². The summed E-state index contributed by atoms with van der Waals surface area (Å²) in [5.41, 5.74) is 2.81. The Hall–Kier alpha value is -4.12. The molecule has 1 N–H and O–H groups in total. The fourth-order valence-electron chi connectivity index (χ4n) is 5.11. The van der Waals surface area contributed by atoms with Crippen LogP contribution < -0.4 is 14.4 Å². The number of halogens is 1. The second kappa shape index (κ2) is 12.2. The zero-order valence-corrected chi connectivity index (χ0v) is 25.4. The number of benzene rings is 3. The molecule has 0 radical (unpaired) electrons. The van der Waals surface area contributed by atoms with Crippen molar-refractivity contribution >= 4 is 57.3 Å². The molecule has 0 aliphatic carbocycles. The number of fused-ring (bicyclic) bond motifs is 1. The van der Waals surface area contributed by atoms with Gasteiger partial charge in [0, 0.05) is 22.8 Å². The number of amides is 1. The molecule has 1 saturated heterocycles. The molecule has 2 aliphatic heterocycles. The molecule has 6 rings (SSSR count). The summed E-state index contributed by atoms with van der Waals surface area (Å²) in [5, 5.41) is 21.1. The molecule has 0 saturated carbocycles. The Morgan fingerprint density at radius 3 is 2.84 bits per heavy atom. The monoisotopic (exact) mass is 631 g/mol. The summed E-state index contributed by atoms with van der Waals surface area (Å²) in [6.07, 6.45) is 2.31. The molecule has 2 aliphatic rings. The molecule has 1 aromatic heterocycles. The number of hydrogen-bond donors (Lipinski definition) is 1. The van der Waals surface area contributed by atoms with Crippen LogP contribution in [0.4, 0.5) is 5.13 Å². The van der Waals surface area contributed by atoms with Gasteiger partial charge in [-0.3, -0.25) is 14.5 Å². The van der Waals surface area contributed by atoms with Crippen molar-refractivity contribution in [1.29, 1.82) is 0 Å². The normalized spacial score (nSPS) is 18.9. The predicted octanol–water partition coefficient (Wildman–Crippen LogP) is 7.00. The van der Waals surface area contributed by atoms with Crippen molar-refractivity contribution in [2.45, 2.75) is 35.6 Å². The van der Waals surface area contributed by atoms with E-state index in [1.165, 1.54) is 28.0 Å². The van der Waals surface area contributed by atoms with Crippen molar-refractivity contribution < 1.29 is 24.2 Å². The van der Waals surface area contributed by atoms with Gasteiger partial charge in [0.15, 0.2) is 4.34 Å². The molecule has 8 nitrogen and oxygen atoms in total. The summed E-state index contributed by atoms with van der Waals surface area (Å²) < 4.78 is 12.1. The second-order valence-corrected chi connectivity index (χ2v) is 12.6. The summed E-state index contributed by atoms with van der Waals surface area (Å²) in [4.78, 5) is 28.6. The molecule has 11 heteroatoms. The van der Waals surface area contributed by atoms with Crippen LogP contribution >= 0.6 is 34.7 Å². The summed E-state index contributed by atoms with van der Waals surface area (Å²) in [7, 11) is 0. The Morgan fingerprint density at radius 1 is 1.19 bits per heavy atom. The highest BCUT2D eigenvalue weighted by molar-refractivity contribution is 8.00. The van der Waals surface area contributed by atoms with Gasteiger partial charge in [-0.15, -0.1) is 10.2 Å². The number of rotatable bonds is 9. The van der Waals surface area contributed by atoms with E-state index in [0.717, 1.165) is 16.9 Å². The van der Waals surface area contributed by atoms with Gasteiger partial charge in [-0.2, -0.15) is 0 Å². The number of hydrogen-bond acceptors (Lipinski definition) is 9. The van der Waals surface area contributed by atoms with E-state index in [9.17, 15) is 14.7 Å². The molecule has 0 bridgehead atoms. The first-order valence-corrected chi connectivity index (χ1v) is 15.7. The van der Waals surface area contributed by atoms with Crippen LogP contribution in [0.5, 0.6) is 11.5 Å². The van der Waals surface area contributed by atoms with E-state index in [-0.39, 0.29) is 29.2 Å². The summed E-state index contributed by atoms with van der Waals surface area (Å²) in [6, 6.07) is 18.9. The minimum atomic E-state index is -0.968. The lowest BCUT2D eigenvalue weighted by Gasteiger charge is -2.23. The number of Topliss-reactive ketones (excluding diaryl/α,β-unsaturated/α-hetero) is 1. The van der Waals surface area contributed by atoms with Gasteiger partial charge in [0.05, 0.1) is 11.6 Å². The SMILES string of the molecule is C=CCOc1cccc([C@H]2/C(=C(\O)c3ccc4c(c3)C[C@@H](C)O4)C(=O)C(=O)N2c2nnc(SCc3ccccc3Cl)s2)c1. The largest absolute Gasteiger partial charge is 0.507 e. The van der Waals surface area contributed by atoms with E-state index in [1.807, 2.05) is 31.2 Å². The first kappa shape index (κ1) is 29.0. The van der Waals surface area contributed by atoms with Gasteiger partial charge in [0.2, 0.25) is 5.13 Å². The number of ether oxygens (including phenoxy) is 2. The fourth-order valence-corrected chi connectivity index (χ4v) is 7.27. The predicted molar refractivity (Wildman–Crippen MR) is 168 cm³/mol. The number of ketones is 1. The Kier molecular flexibility index (Phi) is 8.25. The average molecular weight is 632 g/mol. The molecule has 3 heterocycles. The Labute approximate surface area is 261 Å².